The average Bonchev–Trinajstić information content (AvgIpc) is 3.59. The van der Waals surface area contributed by atoms with Crippen LogP contribution in [0.4, 0.5) is 10.2 Å². The van der Waals surface area contributed by atoms with Gasteiger partial charge in [-0.25, -0.2) is 14.4 Å². The van der Waals surface area contributed by atoms with E-state index in [2.05, 4.69) is 36.1 Å². The minimum Gasteiger partial charge on any atom is -0.490 e. The van der Waals surface area contributed by atoms with Gasteiger partial charge in [-0.3, -0.25) is 9.69 Å². The number of benzene rings is 2. The van der Waals surface area contributed by atoms with Crippen molar-refractivity contribution in [1.82, 2.24) is 35.6 Å². The summed E-state index contributed by atoms with van der Waals surface area (Å²) in [5, 5.41) is 19.8. The average molecular weight is 564 g/mol. The van der Waals surface area contributed by atoms with Crippen molar-refractivity contribution in [3.05, 3.63) is 70.8 Å². The van der Waals surface area contributed by atoms with Crippen molar-refractivity contribution in [1.29, 1.82) is 0 Å². The van der Waals surface area contributed by atoms with Crippen LogP contribution in [-0.4, -0.2) is 62.0 Å². The number of carbonyl (C=O) groups is 1. The van der Waals surface area contributed by atoms with Gasteiger partial charge in [-0.15, -0.1) is 5.10 Å². The number of nitrogens with zero attached hydrogens (tertiary/aromatic N) is 7. The fourth-order valence-electron chi connectivity index (χ4n) is 4.41. The first-order valence-corrected chi connectivity index (χ1v) is 13.2. The van der Waals surface area contributed by atoms with E-state index in [4.69, 9.17) is 19.8 Å². The van der Waals surface area contributed by atoms with Gasteiger partial charge >= 0.3 is 0 Å². The van der Waals surface area contributed by atoms with Gasteiger partial charge in [-0.2, -0.15) is 9.78 Å². The maximum Gasteiger partial charge on any atom is 0.292 e. The number of halogens is 1. The molecule has 214 valence electrons. The van der Waals surface area contributed by atoms with Crippen molar-refractivity contribution in [2.45, 2.75) is 39.3 Å². The van der Waals surface area contributed by atoms with E-state index in [9.17, 15) is 9.18 Å². The lowest BCUT2D eigenvalue weighted by Crippen LogP contribution is -2.31. The summed E-state index contributed by atoms with van der Waals surface area (Å²) in [6.07, 6.45) is 4.83. The number of anilines is 1. The number of hydrazone groups is 1. The molecule has 5 rings (SSSR count). The lowest BCUT2D eigenvalue weighted by Gasteiger charge is -2.25. The Labute approximate surface area is 235 Å². The first-order chi connectivity index (χ1) is 20.0. The zero-order valence-electron chi connectivity index (χ0n) is 22.5. The van der Waals surface area contributed by atoms with Crippen LogP contribution in [-0.2, 0) is 13.2 Å². The molecule has 13 nitrogen and oxygen atoms in total. The standard InChI is InChI=1S/C27H30FN9O4/c1-2-39-23-14-19(8-11-22(23)40-17-18-6-9-20(28)10-7-18)15-30-32-27(38)24-21(16-36-12-4-3-5-13-36)31-35-37(24)26-25(29)33-41-34-26/h6-11,14-15H,2-5,12-13,16-17H2,1H3,(H2,29,33)(H,32,38)/b30-15-. The summed E-state index contributed by atoms with van der Waals surface area (Å²) in [5.41, 5.74) is 10.5. The number of nitrogens with one attached hydrogen (secondary N) is 1. The van der Waals surface area contributed by atoms with Gasteiger partial charge in [0.2, 0.25) is 11.6 Å². The minimum atomic E-state index is -0.551. The van der Waals surface area contributed by atoms with Crippen molar-refractivity contribution in [3.8, 4) is 17.3 Å². The fourth-order valence-corrected chi connectivity index (χ4v) is 4.41. The molecular formula is C27H30FN9O4. The van der Waals surface area contributed by atoms with Crippen LogP contribution in [0.3, 0.4) is 0 Å². The quantitative estimate of drug-likeness (QED) is 0.205. The van der Waals surface area contributed by atoms with Gasteiger partial charge in [0, 0.05) is 6.54 Å². The smallest absolute Gasteiger partial charge is 0.292 e. The molecule has 2 aromatic carbocycles. The maximum atomic E-state index is 13.3. The third kappa shape index (κ3) is 6.84. The number of hydrogen-bond acceptors (Lipinski definition) is 11. The molecule has 1 amide bonds. The van der Waals surface area contributed by atoms with E-state index >= 15 is 0 Å². The molecule has 2 aromatic heterocycles. The van der Waals surface area contributed by atoms with Crippen molar-refractivity contribution in [3.63, 3.8) is 0 Å². The van der Waals surface area contributed by atoms with E-state index in [-0.39, 0.29) is 29.8 Å². The Morgan fingerprint density at radius 3 is 2.66 bits per heavy atom. The van der Waals surface area contributed by atoms with Crippen molar-refractivity contribution in [2.24, 2.45) is 5.10 Å². The number of hydrogen-bond donors (Lipinski definition) is 2. The van der Waals surface area contributed by atoms with Crippen molar-refractivity contribution >= 4 is 17.9 Å². The Balaban J connectivity index is 1.30. The second-order valence-corrected chi connectivity index (χ2v) is 9.36. The number of aromatic nitrogens is 5. The Bertz CT molecular complexity index is 1500. The number of likely N-dealkylation sites (tertiary alicyclic amines) is 1. The molecule has 0 spiro atoms. The molecule has 1 aliphatic heterocycles. The van der Waals surface area contributed by atoms with Crippen LogP contribution in [0.15, 0.2) is 52.2 Å². The third-order valence-electron chi connectivity index (χ3n) is 6.43. The van der Waals surface area contributed by atoms with Gasteiger partial charge in [0.05, 0.1) is 12.8 Å². The number of ether oxygens (including phenoxy) is 2. The number of nitrogens with two attached hydrogens (primary N) is 1. The van der Waals surface area contributed by atoms with Crippen molar-refractivity contribution in [2.75, 3.05) is 25.4 Å². The lowest BCUT2D eigenvalue weighted by molar-refractivity contribution is 0.0944. The molecule has 3 N–H and O–H groups in total. The van der Waals surface area contributed by atoms with Crippen LogP contribution in [0, 0.1) is 5.82 Å². The molecule has 1 aliphatic rings. The molecule has 0 saturated carbocycles. The predicted octanol–water partition coefficient (Wildman–Crippen LogP) is 3.10. The monoisotopic (exact) mass is 563 g/mol. The molecule has 3 heterocycles. The number of piperidine rings is 1. The summed E-state index contributed by atoms with van der Waals surface area (Å²) in [5.74, 6) is 0.206. The molecule has 4 aromatic rings. The molecule has 0 unspecified atom stereocenters. The summed E-state index contributed by atoms with van der Waals surface area (Å²) in [6.45, 7) is 4.78. The second-order valence-electron chi connectivity index (χ2n) is 9.36. The molecule has 0 atom stereocenters. The topological polar surface area (TPSA) is 159 Å². The SMILES string of the molecule is CCOc1cc(/C=N\NC(=O)c2c(CN3CCCCC3)nnn2-c2nonc2N)ccc1OCc1ccc(F)cc1. The van der Waals surface area contributed by atoms with E-state index < -0.39 is 5.91 Å². The molecule has 41 heavy (non-hydrogen) atoms. The van der Waals surface area contributed by atoms with Crippen LogP contribution in [0.1, 0.15) is 53.5 Å². The highest BCUT2D eigenvalue weighted by atomic mass is 19.1. The number of amides is 1. The zero-order valence-corrected chi connectivity index (χ0v) is 22.5. The van der Waals surface area contributed by atoms with Crippen molar-refractivity contribution < 1.29 is 23.3 Å². The first kappa shape index (κ1) is 27.7. The number of rotatable bonds is 11. The lowest BCUT2D eigenvalue weighted by atomic mass is 10.1. The van der Waals surface area contributed by atoms with Crippen LogP contribution < -0.4 is 20.6 Å². The van der Waals surface area contributed by atoms with E-state index in [1.165, 1.54) is 29.4 Å². The summed E-state index contributed by atoms with van der Waals surface area (Å²) >= 11 is 0. The Hall–Kier alpha value is -4.85. The van der Waals surface area contributed by atoms with Gasteiger partial charge in [0.15, 0.2) is 17.2 Å². The van der Waals surface area contributed by atoms with Crippen LogP contribution in [0.2, 0.25) is 0 Å². The normalized spacial score (nSPS) is 13.9. The van der Waals surface area contributed by atoms with Crippen LogP contribution in [0.25, 0.3) is 5.82 Å². The molecule has 14 heteroatoms. The van der Waals surface area contributed by atoms with E-state index in [1.54, 1.807) is 30.3 Å². The highest BCUT2D eigenvalue weighted by Gasteiger charge is 2.26. The Morgan fingerprint density at radius 1 is 1.12 bits per heavy atom. The zero-order chi connectivity index (χ0) is 28.6. The van der Waals surface area contributed by atoms with Gasteiger partial charge in [-0.1, -0.05) is 23.8 Å². The van der Waals surface area contributed by atoms with E-state index in [0.29, 0.717) is 35.9 Å². The molecule has 0 radical (unpaired) electrons. The fraction of sp³-hybridized carbons (Fsp3) is 0.333. The molecular weight excluding hydrogens is 533 g/mol. The Morgan fingerprint density at radius 2 is 1.93 bits per heavy atom. The Kier molecular flexibility index (Phi) is 8.79. The molecule has 0 aliphatic carbocycles. The summed E-state index contributed by atoms with van der Waals surface area (Å²) in [7, 11) is 0. The minimum absolute atomic E-state index is 0.0258. The largest absolute Gasteiger partial charge is 0.490 e. The second kappa shape index (κ2) is 13.0. The molecule has 1 saturated heterocycles. The highest BCUT2D eigenvalue weighted by Crippen LogP contribution is 2.29. The van der Waals surface area contributed by atoms with E-state index in [1.807, 2.05) is 6.92 Å². The van der Waals surface area contributed by atoms with Crippen LogP contribution >= 0.6 is 0 Å². The number of carbonyl (C=O) groups excluding carboxylic acids is 1. The van der Waals surface area contributed by atoms with Gasteiger partial charge in [-0.05, 0) is 84.6 Å². The van der Waals surface area contributed by atoms with Crippen LogP contribution in [0.5, 0.6) is 11.5 Å². The highest BCUT2D eigenvalue weighted by molar-refractivity contribution is 5.95. The van der Waals surface area contributed by atoms with Gasteiger partial charge in [0.25, 0.3) is 5.91 Å². The molecule has 0 bridgehead atoms. The summed E-state index contributed by atoms with van der Waals surface area (Å²) in [4.78, 5) is 15.5. The van der Waals surface area contributed by atoms with E-state index in [0.717, 1.165) is 31.5 Å². The first-order valence-electron chi connectivity index (χ1n) is 13.2. The predicted molar refractivity (Wildman–Crippen MR) is 146 cm³/mol. The van der Waals surface area contributed by atoms with Gasteiger partial charge in [0.1, 0.15) is 18.1 Å². The summed E-state index contributed by atoms with van der Waals surface area (Å²) in [6, 6.07) is 11.3. The third-order valence-corrected chi connectivity index (χ3v) is 6.43. The maximum absolute atomic E-state index is 13.3. The van der Waals surface area contributed by atoms with Gasteiger partial charge < -0.3 is 15.2 Å². The summed E-state index contributed by atoms with van der Waals surface area (Å²) < 4.78 is 30.7. The number of nitrogen functional groups attached to an aromatic ring is 1. The molecule has 1 fully saturated rings.